The van der Waals surface area contributed by atoms with E-state index in [-0.39, 0.29) is 5.54 Å². The second-order valence-corrected chi connectivity index (χ2v) is 10.7. The quantitative estimate of drug-likeness (QED) is 0.618. The zero-order chi connectivity index (χ0) is 21.1. The van der Waals surface area contributed by atoms with Gasteiger partial charge in [-0.25, -0.2) is 8.42 Å². The molecule has 0 bridgehead atoms. The van der Waals surface area contributed by atoms with Crippen LogP contribution in [0.3, 0.4) is 0 Å². The molecule has 0 amide bonds. The van der Waals surface area contributed by atoms with E-state index in [9.17, 15) is 8.42 Å². The number of nitrogens with zero attached hydrogens (tertiary/aromatic N) is 2. The van der Waals surface area contributed by atoms with Gasteiger partial charge in [-0.3, -0.25) is 0 Å². The fraction of sp³-hybridized carbons (Fsp3) is 0.304. The predicted molar refractivity (Wildman–Crippen MR) is 120 cm³/mol. The number of rotatable bonds is 2. The molecule has 0 radical (unpaired) electrons. The van der Waals surface area contributed by atoms with Crippen LogP contribution in [-0.4, -0.2) is 30.4 Å². The van der Waals surface area contributed by atoms with Crippen LogP contribution in [-0.2, 0) is 15.6 Å². The highest BCUT2D eigenvalue weighted by Crippen LogP contribution is 2.44. The molecule has 156 valence electrons. The third-order valence-corrected chi connectivity index (χ3v) is 8.65. The lowest BCUT2D eigenvalue weighted by Crippen LogP contribution is -2.51. The molecule has 5 rings (SSSR count). The highest BCUT2D eigenvalue weighted by molar-refractivity contribution is 7.89. The van der Waals surface area contributed by atoms with Gasteiger partial charge in [0.25, 0.3) is 0 Å². The van der Waals surface area contributed by atoms with Crippen molar-refractivity contribution in [1.29, 1.82) is 0 Å². The molecule has 1 spiro atoms. The van der Waals surface area contributed by atoms with E-state index in [1.165, 1.54) is 0 Å². The van der Waals surface area contributed by atoms with Gasteiger partial charge >= 0.3 is 0 Å². The summed E-state index contributed by atoms with van der Waals surface area (Å²) in [6.07, 6.45) is 3.44. The highest BCUT2D eigenvalue weighted by atomic mass is 35.5. The molecule has 0 unspecified atom stereocenters. The van der Waals surface area contributed by atoms with E-state index in [4.69, 9.17) is 11.6 Å². The van der Waals surface area contributed by atoms with Crippen LogP contribution in [0.25, 0.3) is 5.69 Å². The maximum absolute atomic E-state index is 13.2. The number of nitrogens with one attached hydrogen (secondary N) is 1. The van der Waals surface area contributed by atoms with Gasteiger partial charge in [0, 0.05) is 30.0 Å². The van der Waals surface area contributed by atoms with Gasteiger partial charge < -0.3 is 9.88 Å². The maximum atomic E-state index is 13.2. The molecule has 5 nitrogen and oxygen atoms in total. The summed E-state index contributed by atoms with van der Waals surface area (Å²) in [5.41, 5.74) is 5.00. The average molecular weight is 442 g/mol. The molecule has 1 aromatic heterocycles. The van der Waals surface area contributed by atoms with Crippen LogP contribution >= 0.6 is 11.6 Å². The van der Waals surface area contributed by atoms with Gasteiger partial charge in [-0.05, 0) is 80.3 Å². The fourth-order valence-corrected chi connectivity index (χ4v) is 6.32. The largest absolute Gasteiger partial charge is 0.372 e. The number of halogens is 1. The average Bonchev–Trinajstić information content (AvgIpc) is 3.22. The molecule has 30 heavy (non-hydrogen) atoms. The van der Waals surface area contributed by atoms with Crippen LogP contribution in [0.15, 0.2) is 59.6 Å². The molecule has 3 aromatic rings. The Hall–Kier alpha value is -2.28. The minimum absolute atomic E-state index is 0.292. The molecule has 2 aliphatic rings. The number of hydrogen-bond acceptors (Lipinski definition) is 3. The molecule has 2 aliphatic heterocycles. The first-order chi connectivity index (χ1) is 14.3. The van der Waals surface area contributed by atoms with Gasteiger partial charge in [0.15, 0.2) is 0 Å². The standard InChI is InChI=1S/C23H24ClN3O2S/c1-16-5-7-19(14-17(16)2)30(28,29)26-12-9-23(10-13-26)22-4-3-11-27(22)21-15-18(24)6-8-20(21)25-23/h3-8,11,14-15,25H,9-10,12-13H2,1-2H3. The molecular formula is C23H24ClN3O2S. The topological polar surface area (TPSA) is 54.3 Å². The smallest absolute Gasteiger partial charge is 0.243 e. The van der Waals surface area contributed by atoms with Crippen molar-refractivity contribution in [2.45, 2.75) is 37.1 Å². The summed E-state index contributed by atoms with van der Waals surface area (Å²) in [5.74, 6) is 0. The Bertz CT molecular complexity index is 1240. The molecule has 0 atom stereocenters. The summed E-state index contributed by atoms with van der Waals surface area (Å²) in [5, 5.41) is 4.40. The molecule has 0 saturated carbocycles. The minimum atomic E-state index is -3.51. The second-order valence-electron chi connectivity index (χ2n) is 8.28. The zero-order valence-electron chi connectivity index (χ0n) is 17.0. The van der Waals surface area contributed by atoms with E-state index < -0.39 is 10.0 Å². The van der Waals surface area contributed by atoms with Crippen molar-refractivity contribution in [3.8, 4) is 5.69 Å². The number of anilines is 1. The van der Waals surface area contributed by atoms with E-state index in [0.717, 1.165) is 28.2 Å². The minimum Gasteiger partial charge on any atom is -0.372 e. The monoisotopic (exact) mass is 441 g/mol. The van der Waals surface area contributed by atoms with Gasteiger partial charge in [0.2, 0.25) is 10.0 Å². The van der Waals surface area contributed by atoms with Gasteiger partial charge in [0.1, 0.15) is 0 Å². The van der Waals surface area contributed by atoms with Crippen LogP contribution in [0, 0.1) is 13.8 Å². The van der Waals surface area contributed by atoms with Crippen LogP contribution in [0.1, 0.15) is 29.7 Å². The number of benzene rings is 2. The van der Waals surface area contributed by atoms with Crippen LogP contribution in [0.2, 0.25) is 5.02 Å². The van der Waals surface area contributed by atoms with Gasteiger partial charge in [-0.15, -0.1) is 0 Å². The summed E-state index contributed by atoms with van der Waals surface area (Å²) in [7, 11) is -3.51. The number of sulfonamides is 1. The highest BCUT2D eigenvalue weighted by Gasteiger charge is 2.43. The number of fused-ring (bicyclic) bond motifs is 4. The van der Waals surface area contributed by atoms with Crippen LogP contribution in [0.4, 0.5) is 5.69 Å². The molecule has 1 N–H and O–H groups in total. The number of aryl methyl sites for hydroxylation is 2. The Morgan fingerprint density at radius 2 is 1.77 bits per heavy atom. The molecular weight excluding hydrogens is 418 g/mol. The van der Waals surface area contributed by atoms with Crippen molar-refractivity contribution in [2.24, 2.45) is 0 Å². The third kappa shape index (κ3) is 2.97. The first kappa shape index (κ1) is 19.7. The Balaban J connectivity index is 1.44. The fourth-order valence-electron chi connectivity index (χ4n) is 4.63. The number of hydrogen-bond donors (Lipinski definition) is 1. The van der Waals surface area contributed by atoms with Crippen molar-refractivity contribution < 1.29 is 8.42 Å². The Kier molecular flexibility index (Phi) is 4.51. The van der Waals surface area contributed by atoms with Crippen molar-refractivity contribution in [1.82, 2.24) is 8.87 Å². The first-order valence-corrected chi connectivity index (χ1v) is 12.0. The summed E-state index contributed by atoms with van der Waals surface area (Å²) in [6.45, 7) is 4.88. The van der Waals surface area contributed by atoms with Crippen molar-refractivity contribution in [2.75, 3.05) is 18.4 Å². The predicted octanol–water partition coefficient (Wildman–Crippen LogP) is 4.85. The molecule has 3 heterocycles. The van der Waals surface area contributed by atoms with E-state index in [2.05, 4.69) is 16.0 Å². The van der Waals surface area contributed by atoms with Gasteiger partial charge in [0.05, 0.1) is 21.8 Å². The van der Waals surface area contributed by atoms with Gasteiger partial charge in [-0.1, -0.05) is 17.7 Å². The summed E-state index contributed by atoms with van der Waals surface area (Å²) < 4.78 is 30.3. The number of aromatic nitrogens is 1. The normalized spacial score (nSPS) is 18.0. The van der Waals surface area contributed by atoms with Crippen molar-refractivity contribution in [3.05, 3.63) is 76.6 Å². The van der Waals surface area contributed by atoms with Crippen LogP contribution in [0.5, 0.6) is 0 Å². The maximum Gasteiger partial charge on any atom is 0.243 e. The molecule has 2 aromatic carbocycles. The SMILES string of the molecule is Cc1ccc(S(=O)(=O)N2CCC3(CC2)Nc2ccc(Cl)cc2-n2cccc23)cc1C. The van der Waals surface area contributed by atoms with Crippen LogP contribution < -0.4 is 5.32 Å². The van der Waals surface area contributed by atoms with Gasteiger partial charge in [-0.2, -0.15) is 4.31 Å². The Morgan fingerprint density at radius 3 is 2.50 bits per heavy atom. The van der Waals surface area contributed by atoms with Crippen molar-refractivity contribution >= 4 is 27.3 Å². The lowest BCUT2D eigenvalue weighted by molar-refractivity contribution is 0.247. The van der Waals surface area contributed by atoms with E-state index in [1.54, 1.807) is 16.4 Å². The molecule has 0 aliphatic carbocycles. The van der Waals surface area contributed by atoms with E-state index in [1.807, 2.05) is 50.4 Å². The number of piperidine rings is 1. The summed E-state index contributed by atoms with van der Waals surface area (Å²) >= 11 is 6.22. The summed E-state index contributed by atoms with van der Waals surface area (Å²) in [6, 6.07) is 15.4. The first-order valence-electron chi connectivity index (χ1n) is 10.1. The zero-order valence-corrected chi connectivity index (χ0v) is 18.6. The summed E-state index contributed by atoms with van der Waals surface area (Å²) in [4.78, 5) is 0.376. The third-order valence-electron chi connectivity index (χ3n) is 6.52. The Labute approximate surface area is 182 Å². The lowest BCUT2D eigenvalue weighted by atomic mass is 9.83. The molecule has 7 heteroatoms. The van der Waals surface area contributed by atoms with E-state index >= 15 is 0 Å². The lowest BCUT2D eigenvalue weighted by Gasteiger charge is -2.46. The molecule has 1 saturated heterocycles. The molecule has 1 fully saturated rings. The second kappa shape index (κ2) is 6.87. The van der Waals surface area contributed by atoms with E-state index in [0.29, 0.717) is 35.8 Å². The van der Waals surface area contributed by atoms with Crippen molar-refractivity contribution in [3.63, 3.8) is 0 Å². The Morgan fingerprint density at radius 1 is 1.00 bits per heavy atom.